The van der Waals surface area contributed by atoms with Crippen LogP contribution in [0.2, 0.25) is 0 Å². The fraction of sp³-hybridized carbons (Fsp3) is 0.154. The van der Waals surface area contributed by atoms with Gasteiger partial charge >= 0.3 is 0 Å². The van der Waals surface area contributed by atoms with Gasteiger partial charge in [-0.2, -0.15) is 16.8 Å². The summed E-state index contributed by atoms with van der Waals surface area (Å²) < 4.78 is 63.7. The molecule has 0 radical (unpaired) electrons. The third-order valence-electron chi connectivity index (χ3n) is 3.11. The minimum absolute atomic E-state index is 0.0522. The summed E-state index contributed by atoms with van der Waals surface area (Å²) in [6, 6.07) is 3.79. The highest BCUT2D eigenvalue weighted by Crippen LogP contribution is 2.34. The van der Waals surface area contributed by atoms with Crippen LogP contribution in [-0.4, -0.2) is 43.4 Å². The molecule has 2 aromatic rings. The molecular weight excluding hydrogens is 362 g/mol. The number of benzene rings is 2. The van der Waals surface area contributed by atoms with E-state index in [-0.39, 0.29) is 28.8 Å². The number of nitrogens with one attached hydrogen (secondary N) is 1. The van der Waals surface area contributed by atoms with E-state index < -0.39 is 35.8 Å². The highest BCUT2D eigenvalue weighted by molar-refractivity contribution is 7.86. The van der Waals surface area contributed by atoms with Crippen molar-refractivity contribution in [3.05, 3.63) is 24.3 Å². The molecule has 24 heavy (non-hydrogen) atoms. The molecule has 0 saturated carbocycles. The Morgan fingerprint density at radius 2 is 1.67 bits per heavy atom. The monoisotopic (exact) mass is 375 g/mol. The molecule has 0 heterocycles. The lowest BCUT2D eigenvalue weighted by Gasteiger charge is -2.12. The van der Waals surface area contributed by atoms with Crippen LogP contribution in [0.1, 0.15) is 6.92 Å². The highest BCUT2D eigenvalue weighted by Gasteiger charge is 2.20. The van der Waals surface area contributed by atoms with Gasteiger partial charge in [-0.15, -0.1) is 0 Å². The van der Waals surface area contributed by atoms with Crippen LogP contribution in [0.3, 0.4) is 0 Å². The number of anilines is 1. The molecule has 2 rings (SSSR count). The first-order valence-corrected chi connectivity index (χ1v) is 9.26. The van der Waals surface area contributed by atoms with Gasteiger partial charge in [0.05, 0.1) is 17.1 Å². The number of Topliss-reactive ketones (excluding diaryl/α,β-unsaturated/α-hetero) is 1. The normalized spacial score (nSPS) is 12.3. The maximum Gasteiger partial charge on any atom is 0.296 e. The molecule has 0 bridgehead atoms. The predicted octanol–water partition coefficient (Wildman–Crippen LogP) is 1.04. The third-order valence-corrected chi connectivity index (χ3v) is 4.83. The summed E-state index contributed by atoms with van der Waals surface area (Å²) in [4.78, 5) is 9.80. The number of fused-ring (bicyclic) bond motifs is 1. The molecular formula is C13H13NO8S2. The summed E-state index contributed by atoms with van der Waals surface area (Å²) in [6.07, 6.45) is 0. The van der Waals surface area contributed by atoms with Gasteiger partial charge in [-0.1, -0.05) is 0 Å². The second-order valence-electron chi connectivity index (χ2n) is 5.02. The van der Waals surface area contributed by atoms with Crippen molar-refractivity contribution >= 4 is 42.5 Å². The first kappa shape index (κ1) is 18.1. The number of phenols is 1. The molecule has 0 aromatic heterocycles. The van der Waals surface area contributed by atoms with Crippen molar-refractivity contribution in [2.24, 2.45) is 0 Å². The Morgan fingerprint density at radius 1 is 1.04 bits per heavy atom. The second-order valence-corrected chi connectivity index (χ2v) is 7.83. The minimum atomic E-state index is -4.70. The average Bonchev–Trinajstić information content (AvgIpc) is 2.42. The van der Waals surface area contributed by atoms with Crippen molar-refractivity contribution in [3.63, 3.8) is 0 Å². The smallest absolute Gasteiger partial charge is 0.296 e. The Balaban J connectivity index is 2.80. The van der Waals surface area contributed by atoms with Gasteiger partial charge in [0.1, 0.15) is 16.4 Å². The molecule has 0 aliphatic heterocycles. The molecule has 0 atom stereocenters. The zero-order chi connectivity index (χ0) is 18.3. The van der Waals surface area contributed by atoms with Gasteiger partial charge in [0.25, 0.3) is 20.2 Å². The number of hydrogen-bond donors (Lipinski definition) is 4. The number of aromatic hydroxyl groups is 1. The summed E-state index contributed by atoms with van der Waals surface area (Å²) in [5.74, 6) is -0.838. The number of ketones is 1. The molecule has 0 spiro atoms. The van der Waals surface area contributed by atoms with Crippen LogP contribution in [0.4, 0.5) is 5.69 Å². The second kappa shape index (κ2) is 6.02. The van der Waals surface area contributed by atoms with E-state index in [1.54, 1.807) is 0 Å². The maximum atomic E-state index is 11.5. The summed E-state index contributed by atoms with van der Waals surface area (Å²) in [7, 11) is -9.33. The third kappa shape index (κ3) is 3.82. The van der Waals surface area contributed by atoms with Gasteiger partial charge < -0.3 is 10.4 Å². The topological polar surface area (TPSA) is 158 Å². The molecule has 11 heteroatoms. The maximum absolute atomic E-state index is 11.5. The fourth-order valence-electron chi connectivity index (χ4n) is 2.06. The van der Waals surface area contributed by atoms with E-state index in [9.17, 15) is 31.3 Å². The number of hydrogen-bond acceptors (Lipinski definition) is 7. The molecule has 2 aromatic carbocycles. The first-order chi connectivity index (χ1) is 10.9. The summed E-state index contributed by atoms with van der Waals surface area (Å²) in [5, 5.41) is 12.4. The molecule has 9 nitrogen and oxygen atoms in total. The standard InChI is InChI=1S/C13H13NO8S2/c1-7(15)6-14-11-5-10-8(3-13(11)24(20,21)22)2-9(4-12(10)16)23(17,18)19/h2-5,14,16H,6H2,1H3,(H,17,18,19)(H,20,21,22). The Morgan fingerprint density at radius 3 is 2.17 bits per heavy atom. The fourth-order valence-corrected chi connectivity index (χ4v) is 3.29. The van der Waals surface area contributed by atoms with Crippen molar-refractivity contribution < 1.29 is 35.8 Å². The van der Waals surface area contributed by atoms with E-state index >= 15 is 0 Å². The molecule has 4 N–H and O–H groups in total. The van der Waals surface area contributed by atoms with Crippen LogP contribution in [0.15, 0.2) is 34.1 Å². The molecule has 0 aliphatic rings. The predicted molar refractivity (Wildman–Crippen MR) is 84.4 cm³/mol. The van der Waals surface area contributed by atoms with Crippen LogP contribution in [0, 0.1) is 0 Å². The number of rotatable bonds is 5. The Kier molecular flexibility index (Phi) is 4.55. The van der Waals surface area contributed by atoms with Crippen molar-refractivity contribution in [2.45, 2.75) is 16.7 Å². The van der Waals surface area contributed by atoms with E-state index in [2.05, 4.69) is 5.32 Å². The van der Waals surface area contributed by atoms with Crippen molar-refractivity contribution in [2.75, 3.05) is 11.9 Å². The van der Waals surface area contributed by atoms with Crippen LogP contribution < -0.4 is 5.32 Å². The Labute approximate surface area is 137 Å². The van der Waals surface area contributed by atoms with Gasteiger partial charge in [-0.25, -0.2) is 0 Å². The molecule has 0 amide bonds. The zero-order valence-corrected chi connectivity index (χ0v) is 13.8. The first-order valence-electron chi connectivity index (χ1n) is 6.38. The SMILES string of the molecule is CC(=O)CNc1cc2c(O)cc(S(=O)(=O)O)cc2cc1S(=O)(=O)O. The van der Waals surface area contributed by atoms with Gasteiger partial charge in [-0.05, 0) is 30.5 Å². The molecule has 0 unspecified atom stereocenters. The van der Waals surface area contributed by atoms with Gasteiger partial charge in [0.2, 0.25) is 0 Å². The summed E-state index contributed by atoms with van der Waals surface area (Å²) in [5.41, 5.74) is -0.143. The van der Waals surface area contributed by atoms with Crippen molar-refractivity contribution in [3.8, 4) is 5.75 Å². The van der Waals surface area contributed by atoms with Gasteiger partial charge in [0, 0.05) is 11.5 Å². The van der Waals surface area contributed by atoms with Gasteiger partial charge in [0.15, 0.2) is 0 Å². The molecule has 130 valence electrons. The van der Waals surface area contributed by atoms with E-state index in [4.69, 9.17) is 4.55 Å². The van der Waals surface area contributed by atoms with E-state index in [1.807, 2.05) is 0 Å². The molecule has 0 fully saturated rings. The van der Waals surface area contributed by atoms with E-state index in [0.29, 0.717) is 0 Å². The molecule has 0 saturated heterocycles. The average molecular weight is 375 g/mol. The lowest BCUT2D eigenvalue weighted by molar-refractivity contribution is -0.115. The summed E-state index contributed by atoms with van der Waals surface area (Å²) >= 11 is 0. The zero-order valence-electron chi connectivity index (χ0n) is 12.2. The largest absolute Gasteiger partial charge is 0.507 e. The number of carbonyl (C=O) groups excluding carboxylic acids is 1. The van der Waals surface area contributed by atoms with Crippen LogP contribution >= 0.6 is 0 Å². The summed E-state index contributed by atoms with van der Waals surface area (Å²) in [6.45, 7) is 1.04. The molecule has 0 aliphatic carbocycles. The van der Waals surface area contributed by atoms with Gasteiger partial charge in [-0.3, -0.25) is 13.9 Å². The van der Waals surface area contributed by atoms with Crippen molar-refractivity contribution in [1.29, 1.82) is 0 Å². The highest BCUT2D eigenvalue weighted by atomic mass is 32.2. The Hall–Kier alpha value is -2.21. The van der Waals surface area contributed by atoms with E-state index in [0.717, 1.165) is 24.3 Å². The number of carbonyl (C=O) groups is 1. The lowest BCUT2D eigenvalue weighted by Crippen LogP contribution is -2.13. The van der Waals surface area contributed by atoms with E-state index in [1.165, 1.54) is 6.92 Å². The van der Waals surface area contributed by atoms with Crippen molar-refractivity contribution in [1.82, 2.24) is 0 Å². The quantitative estimate of drug-likeness (QED) is 0.560. The minimum Gasteiger partial charge on any atom is -0.507 e. The number of phenolic OH excluding ortho intramolecular Hbond substituents is 1. The van der Waals surface area contributed by atoms with Crippen LogP contribution in [0.5, 0.6) is 5.75 Å². The van der Waals surface area contributed by atoms with Crippen LogP contribution in [-0.2, 0) is 25.0 Å². The Bertz CT molecular complexity index is 1040. The van der Waals surface area contributed by atoms with Crippen LogP contribution in [0.25, 0.3) is 10.8 Å². The lowest BCUT2D eigenvalue weighted by atomic mass is 10.1.